The first-order valence-corrected chi connectivity index (χ1v) is 8.50. The quantitative estimate of drug-likeness (QED) is 0.828. The van der Waals surface area contributed by atoms with Crippen molar-refractivity contribution in [2.75, 3.05) is 13.7 Å². The van der Waals surface area contributed by atoms with Gasteiger partial charge in [0.2, 0.25) is 0 Å². The molecular formula is C17H26BrNO. The van der Waals surface area contributed by atoms with E-state index in [4.69, 9.17) is 4.74 Å². The van der Waals surface area contributed by atoms with Crippen molar-refractivity contribution in [3.8, 4) is 5.75 Å². The average Bonchev–Trinajstić information content (AvgIpc) is 2.78. The van der Waals surface area contributed by atoms with Gasteiger partial charge in [0.05, 0.1) is 11.6 Å². The van der Waals surface area contributed by atoms with Crippen LogP contribution in [0.25, 0.3) is 0 Å². The average molecular weight is 340 g/mol. The van der Waals surface area contributed by atoms with E-state index in [-0.39, 0.29) is 0 Å². The molecule has 3 atom stereocenters. The molecule has 1 aromatic rings. The molecule has 0 radical (unpaired) electrons. The van der Waals surface area contributed by atoms with Gasteiger partial charge < -0.3 is 10.1 Å². The third kappa shape index (κ3) is 3.76. The highest BCUT2D eigenvalue weighted by Crippen LogP contribution is 2.35. The Morgan fingerprint density at radius 2 is 2.15 bits per heavy atom. The summed E-state index contributed by atoms with van der Waals surface area (Å²) >= 11 is 3.58. The molecule has 112 valence electrons. The van der Waals surface area contributed by atoms with E-state index in [9.17, 15) is 0 Å². The van der Waals surface area contributed by atoms with Crippen molar-refractivity contribution in [1.82, 2.24) is 5.32 Å². The summed E-state index contributed by atoms with van der Waals surface area (Å²) in [5.41, 5.74) is 1.41. The first-order valence-electron chi connectivity index (χ1n) is 7.71. The predicted octanol–water partition coefficient (Wildman–Crippen LogP) is 4.41. The van der Waals surface area contributed by atoms with E-state index < -0.39 is 0 Å². The Morgan fingerprint density at radius 1 is 1.35 bits per heavy atom. The van der Waals surface area contributed by atoms with E-state index in [1.165, 1.54) is 31.2 Å². The molecule has 1 N–H and O–H groups in total. The van der Waals surface area contributed by atoms with E-state index in [0.29, 0.717) is 6.04 Å². The Hall–Kier alpha value is -0.540. The molecule has 0 amide bonds. The normalized spacial score (nSPS) is 25.9. The Labute approximate surface area is 131 Å². The van der Waals surface area contributed by atoms with Crippen molar-refractivity contribution in [2.24, 2.45) is 11.8 Å². The molecule has 0 spiro atoms. The molecular weight excluding hydrogens is 314 g/mol. The van der Waals surface area contributed by atoms with E-state index in [0.717, 1.165) is 28.6 Å². The number of nitrogens with one attached hydrogen (secondary N) is 1. The fourth-order valence-electron chi connectivity index (χ4n) is 3.29. The fraction of sp³-hybridized carbons (Fsp3) is 0.647. The minimum atomic E-state index is 0.710. The zero-order valence-corrected chi connectivity index (χ0v) is 14.4. The SMILES string of the molecule is CCCNC1CCC(Cc2ccc(OC)c(Br)c2)C1C. The van der Waals surface area contributed by atoms with Crippen LogP contribution in [0.1, 0.15) is 38.7 Å². The third-order valence-electron chi connectivity index (χ3n) is 4.60. The van der Waals surface area contributed by atoms with Crippen LogP contribution in [0.4, 0.5) is 0 Å². The number of benzene rings is 1. The van der Waals surface area contributed by atoms with Crippen molar-refractivity contribution in [3.05, 3.63) is 28.2 Å². The van der Waals surface area contributed by atoms with Gasteiger partial charge in [0, 0.05) is 6.04 Å². The zero-order valence-electron chi connectivity index (χ0n) is 12.8. The van der Waals surface area contributed by atoms with Crippen LogP contribution in [0.15, 0.2) is 22.7 Å². The van der Waals surface area contributed by atoms with Crippen LogP contribution in [0.3, 0.4) is 0 Å². The molecule has 3 heteroatoms. The van der Waals surface area contributed by atoms with Gasteiger partial charge in [-0.1, -0.05) is 19.9 Å². The summed E-state index contributed by atoms with van der Waals surface area (Å²) in [6, 6.07) is 7.18. The number of halogens is 1. The summed E-state index contributed by atoms with van der Waals surface area (Å²) in [6.45, 7) is 5.79. The van der Waals surface area contributed by atoms with E-state index in [1.807, 2.05) is 0 Å². The molecule has 1 aromatic carbocycles. The molecule has 1 aliphatic rings. The maximum absolute atomic E-state index is 5.30. The maximum Gasteiger partial charge on any atom is 0.133 e. The highest BCUT2D eigenvalue weighted by Gasteiger charge is 2.32. The molecule has 1 fully saturated rings. The molecule has 0 aromatic heterocycles. The molecule has 0 bridgehead atoms. The third-order valence-corrected chi connectivity index (χ3v) is 5.22. The van der Waals surface area contributed by atoms with Crippen molar-refractivity contribution in [2.45, 2.75) is 45.6 Å². The van der Waals surface area contributed by atoms with Gasteiger partial charge in [-0.05, 0) is 77.7 Å². The summed E-state index contributed by atoms with van der Waals surface area (Å²) in [7, 11) is 1.71. The number of hydrogen-bond donors (Lipinski definition) is 1. The molecule has 2 nitrogen and oxygen atoms in total. The van der Waals surface area contributed by atoms with Crippen molar-refractivity contribution >= 4 is 15.9 Å². The summed E-state index contributed by atoms with van der Waals surface area (Å²) in [4.78, 5) is 0. The number of rotatable bonds is 6. The van der Waals surface area contributed by atoms with E-state index >= 15 is 0 Å². The van der Waals surface area contributed by atoms with Gasteiger partial charge in [0.1, 0.15) is 5.75 Å². The molecule has 2 rings (SSSR count). The van der Waals surface area contributed by atoms with Crippen molar-refractivity contribution < 1.29 is 4.74 Å². The van der Waals surface area contributed by atoms with Crippen LogP contribution in [0.2, 0.25) is 0 Å². The topological polar surface area (TPSA) is 21.3 Å². The predicted molar refractivity (Wildman–Crippen MR) is 88.4 cm³/mol. The lowest BCUT2D eigenvalue weighted by Gasteiger charge is -2.22. The van der Waals surface area contributed by atoms with E-state index in [1.54, 1.807) is 7.11 Å². The smallest absolute Gasteiger partial charge is 0.133 e. The molecule has 3 unspecified atom stereocenters. The van der Waals surface area contributed by atoms with Gasteiger partial charge in [-0.2, -0.15) is 0 Å². The van der Waals surface area contributed by atoms with Gasteiger partial charge in [-0.3, -0.25) is 0 Å². The summed E-state index contributed by atoms with van der Waals surface area (Å²) in [5, 5.41) is 3.70. The van der Waals surface area contributed by atoms with Crippen molar-refractivity contribution in [1.29, 1.82) is 0 Å². The van der Waals surface area contributed by atoms with Crippen LogP contribution in [0, 0.1) is 11.8 Å². The van der Waals surface area contributed by atoms with Gasteiger partial charge in [0.25, 0.3) is 0 Å². The number of methoxy groups -OCH3 is 1. The molecule has 0 saturated heterocycles. The zero-order chi connectivity index (χ0) is 14.5. The minimum absolute atomic E-state index is 0.710. The lowest BCUT2D eigenvalue weighted by molar-refractivity contribution is 0.351. The molecule has 20 heavy (non-hydrogen) atoms. The summed E-state index contributed by atoms with van der Waals surface area (Å²) in [6.07, 6.45) is 5.06. The van der Waals surface area contributed by atoms with Crippen LogP contribution in [0.5, 0.6) is 5.75 Å². The lowest BCUT2D eigenvalue weighted by atomic mass is 9.89. The Kier molecular flexibility index (Phi) is 5.91. The standard InChI is InChI=1S/C17H26BrNO/c1-4-9-19-16-7-6-14(12(16)2)10-13-5-8-17(20-3)15(18)11-13/h5,8,11-12,14,16,19H,4,6-7,9-10H2,1-3H3. The second kappa shape index (κ2) is 7.46. The highest BCUT2D eigenvalue weighted by molar-refractivity contribution is 9.10. The number of hydrogen-bond acceptors (Lipinski definition) is 2. The Balaban J connectivity index is 1.95. The lowest BCUT2D eigenvalue weighted by Crippen LogP contribution is -2.33. The molecule has 0 heterocycles. The second-order valence-electron chi connectivity index (χ2n) is 5.93. The summed E-state index contributed by atoms with van der Waals surface area (Å²) < 4.78 is 6.35. The maximum atomic E-state index is 5.30. The largest absolute Gasteiger partial charge is 0.496 e. The molecule has 1 saturated carbocycles. The monoisotopic (exact) mass is 339 g/mol. The number of ether oxygens (including phenoxy) is 1. The first kappa shape index (κ1) is 15.8. The molecule has 1 aliphatic carbocycles. The second-order valence-corrected chi connectivity index (χ2v) is 6.78. The van der Waals surface area contributed by atoms with Crippen LogP contribution in [-0.4, -0.2) is 19.7 Å². The minimum Gasteiger partial charge on any atom is -0.496 e. The first-order chi connectivity index (χ1) is 9.65. The van der Waals surface area contributed by atoms with Crippen molar-refractivity contribution in [3.63, 3.8) is 0 Å². The van der Waals surface area contributed by atoms with E-state index in [2.05, 4.69) is 53.3 Å². The van der Waals surface area contributed by atoms with Crippen LogP contribution < -0.4 is 10.1 Å². The van der Waals surface area contributed by atoms with Crippen LogP contribution >= 0.6 is 15.9 Å². The fourth-order valence-corrected chi connectivity index (χ4v) is 3.88. The summed E-state index contributed by atoms with van der Waals surface area (Å²) in [5.74, 6) is 2.47. The van der Waals surface area contributed by atoms with Gasteiger partial charge in [0.15, 0.2) is 0 Å². The Bertz CT molecular complexity index is 435. The molecule has 0 aliphatic heterocycles. The Morgan fingerprint density at radius 3 is 2.80 bits per heavy atom. The van der Waals surface area contributed by atoms with Gasteiger partial charge >= 0.3 is 0 Å². The van der Waals surface area contributed by atoms with Gasteiger partial charge in [-0.15, -0.1) is 0 Å². The van der Waals surface area contributed by atoms with Gasteiger partial charge in [-0.25, -0.2) is 0 Å². The highest BCUT2D eigenvalue weighted by atomic mass is 79.9. The van der Waals surface area contributed by atoms with Crippen LogP contribution in [-0.2, 0) is 6.42 Å².